The molecular formula is C21H19N5. The molecule has 2 aromatic carbocycles. The number of nitrogens with zero attached hydrogens (tertiary/aromatic N) is 3. The number of benzene rings is 2. The number of rotatable bonds is 5. The zero-order chi connectivity index (χ0) is 17.3. The molecule has 0 aliphatic heterocycles. The molecule has 2 aromatic heterocycles. The molecule has 2 heterocycles. The van der Waals surface area contributed by atoms with Crippen molar-refractivity contribution in [1.29, 1.82) is 0 Å². The molecule has 2 N–H and O–H groups in total. The van der Waals surface area contributed by atoms with Crippen LogP contribution >= 0.6 is 0 Å². The highest BCUT2D eigenvalue weighted by Crippen LogP contribution is 2.39. The van der Waals surface area contributed by atoms with Gasteiger partial charge in [0.05, 0.1) is 5.52 Å². The van der Waals surface area contributed by atoms with E-state index in [4.69, 9.17) is 9.97 Å². The van der Waals surface area contributed by atoms with Gasteiger partial charge in [0.1, 0.15) is 11.6 Å². The molecule has 0 unspecified atom stereocenters. The first kappa shape index (κ1) is 15.1. The van der Waals surface area contributed by atoms with Crippen LogP contribution in [0.25, 0.3) is 10.9 Å². The first-order valence-corrected chi connectivity index (χ1v) is 8.97. The topological polar surface area (TPSA) is 66.5 Å². The number of aromatic amines is 1. The zero-order valence-electron chi connectivity index (χ0n) is 14.3. The first-order valence-electron chi connectivity index (χ1n) is 8.97. The van der Waals surface area contributed by atoms with Crippen LogP contribution in [-0.4, -0.2) is 20.2 Å². The lowest BCUT2D eigenvalue weighted by Crippen LogP contribution is -2.03. The Kier molecular flexibility index (Phi) is 3.63. The van der Waals surface area contributed by atoms with Crippen LogP contribution in [0.3, 0.4) is 0 Å². The van der Waals surface area contributed by atoms with Gasteiger partial charge in [0.15, 0.2) is 5.82 Å². The van der Waals surface area contributed by atoms with Crippen LogP contribution in [0.4, 0.5) is 11.6 Å². The molecule has 0 radical (unpaired) electrons. The molecule has 4 aromatic rings. The van der Waals surface area contributed by atoms with Crippen LogP contribution in [0.1, 0.15) is 35.8 Å². The molecule has 0 atom stereocenters. The third kappa shape index (κ3) is 3.04. The molecule has 128 valence electrons. The minimum Gasteiger partial charge on any atom is -0.323 e. The molecule has 5 rings (SSSR count). The van der Waals surface area contributed by atoms with E-state index in [-0.39, 0.29) is 0 Å². The van der Waals surface area contributed by atoms with E-state index in [9.17, 15) is 0 Å². The van der Waals surface area contributed by atoms with Gasteiger partial charge in [-0.1, -0.05) is 42.5 Å². The summed E-state index contributed by atoms with van der Waals surface area (Å²) in [5, 5.41) is 11.9. The minimum absolute atomic E-state index is 0.647. The first-order chi connectivity index (χ1) is 12.8. The summed E-state index contributed by atoms with van der Waals surface area (Å²) >= 11 is 0. The average molecular weight is 341 g/mol. The second-order valence-electron chi connectivity index (χ2n) is 6.78. The van der Waals surface area contributed by atoms with Gasteiger partial charge < -0.3 is 5.32 Å². The summed E-state index contributed by atoms with van der Waals surface area (Å²) in [6, 6.07) is 20.5. The fourth-order valence-corrected chi connectivity index (χ4v) is 3.20. The van der Waals surface area contributed by atoms with Crippen LogP contribution in [0, 0.1) is 0 Å². The second-order valence-corrected chi connectivity index (χ2v) is 6.78. The van der Waals surface area contributed by atoms with Gasteiger partial charge in [-0.15, -0.1) is 0 Å². The molecule has 0 amide bonds. The average Bonchev–Trinajstić information content (AvgIpc) is 3.42. The van der Waals surface area contributed by atoms with Gasteiger partial charge in [0.25, 0.3) is 0 Å². The Morgan fingerprint density at radius 3 is 2.62 bits per heavy atom. The van der Waals surface area contributed by atoms with Crippen LogP contribution in [0.15, 0.2) is 60.7 Å². The number of nitrogens with one attached hydrogen (secondary N) is 2. The lowest BCUT2D eigenvalue weighted by atomic mass is 10.1. The summed E-state index contributed by atoms with van der Waals surface area (Å²) < 4.78 is 0. The number of anilines is 2. The summed E-state index contributed by atoms with van der Waals surface area (Å²) in [7, 11) is 0. The number of fused-ring (bicyclic) bond motifs is 1. The lowest BCUT2D eigenvalue weighted by Gasteiger charge is -2.09. The van der Waals surface area contributed by atoms with Gasteiger partial charge in [-0.3, -0.25) is 5.10 Å². The smallest absolute Gasteiger partial charge is 0.153 e. The van der Waals surface area contributed by atoms with Crippen molar-refractivity contribution < 1.29 is 0 Å². The molecule has 1 aliphatic carbocycles. The third-order valence-corrected chi connectivity index (χ3v) is 4.72. The normalized spacial score (nSPS) is 13.8. The standard InChI is InChI=1S/C21H19N5/c1-2-6-14(7-3-1)12-19-22-17-9-5-4-8-16(17)21(23-19)24-20-13-18(25-26-20)15-10-11-15/h1-9,13,15H,10-12H2,(H2,22,23,24,25,26). The van der Waals surface area contributed by atoms with E-state index in [1.54, 1.807) is 0 Å². The van der Waals surface area contributed by atoms with Gasteiger partial charge in [-0.2, -0.15) is 5.10 Å². The fourth-order valence-electron chi connectivity index (χ4n) is 3.20. The molecule has 1 fully saturated rings. The fraction of sp³-hybridized carbons (Fsp3) is 0.190. The number of hydrogen-bond acceptors (Lipinski definition) is 4. The zero-order valence-corrected chi connectivity index (χ0v) is 14.3. The minimum atomic E-state index is 0.647. The summed E-state index contributed by atoms with van der Waals surface area (Å²) in [4.78, 5) is 9.52. The van der Waals surface area contributed by atoms with Crippen LogP contribution in [0.5, 0.6) is 0 Å². The maximum absolute atomic E-state index is 4.79. The van der Waals surface area contributed by atoms with E-state index >= 15 is 0 Å². The van der Waals surface area contributed by atoms with Crippen LogP contribution < -0.4 is 5.32 Å². The van der Waals surface area contributed by atoms with Crippen molar-refractivity contribution >= 4 is 22.5 Å². The maximum atomic E-state index is 4.79. The number of hydrogen-bond donors (Lipinski definition) is 2. The molecule has 5 heteroatoms. The highest BCUT2D eigenvalue weighted by Gasteiger charge is 2.25. The van der Waals surface area contributed by atoms with Crippen molar-refractivity contribution in [1.82, 2.24) is 20.2 Å². The van der Waals surface area contributed by atoms with Crippen LogP contribution in [-0.2, 0) is 6.42 Å². The predicted molar refractivity (Wildman–Crippen MR) is 103 cm³/mol. The molecule has 5 nitrogen and oxygen atoms in total. The van der Waals surface area contributed by atoms with E-state index in [1.165, 1.54) is 24.1 Å². The van der Waals surface area contributed by atoms with Crippen molar-refractivity contribution in [3.8, 4) is 0 Å². The number of H-pyrrole nitrogens is 1. The Labute approximate surface area is 151 Å². The largest absolute Gasteiger partial charge is 0.323 e. The van der Waals surface area contributed by atoms with E-state index in [0.717, 1.165) is 28.4 Å². The number of para-hydroxylation sites is 1. The van der Waals surface area contributed by atoms with Gasteiger partial charge >= 0.3 is 0 Å². The number of aromatic nitrogens is 4. The molecular weight excluding hydrogens is 322 g/mol. The quantitative estimate of drug-likeness (QED) is 0.558. The predicted octanol–water partition coefficient (Wildman–Crippen LogP) is 4.56. The summed E-state index contributed by atoms with van der Waals surface area (Å²) in [5.74, 6) is 3.06. The SMILES string of the molecule is c1ccc(Cc2nc(Nc3cc(C4CC4)[nH]n3)c3ccccc3n2)cc1. The van der Waals surface area contributed by atoms with E-state index in [2.05, 4.69) is 33.7 Å². The Balaban J connectivity index is 1.51. The third-order valence-electron chi connectivity index (χ3n) is 4.72. The Morgan fingerprint density at radius 1 is 0.962 bits per heavy atom. The van der Waals surface area contributed by atoms with Crippen molar-refractivity contribution in [3.63, 3.8) is 0 Å². The molecule has 1 aliphatic rings. The van der Waals surface area contributed by atoms with E-state index in [0.29, 0.717) is 12.3 Å². The van der Waals surface area contributed by atoms with Crippen molar-refractivity contribution in [2.24, 2.45) is 0 Å². The Bertz CT molecular complexity index is 1050. The van der Waals surface area contributed by atoms with Gasteiger partial charge in [-0.05, 0) is 30.5 Å². The summed E-state index contributed by atoms with van der Waals surface area (Å²) in [6.07, 6.45) is 3.20. The summed E-state index contributed by atoms with van der Waals surface area (Å²) in [5.41, 5.74) is 3.34. The van der Waals surface area contributed by atoms with Crippen LogP contribution in [0.2, 0.25) is 0 Å². The Hall–Kier alpha value is -3.21. The molecule has 0 bridgehead atoms. The monoisotopic (exact) mass is 341 g/mol. The van der Waals surface area contributed by atoms with Gasteiger partial charge in [0.2, 0.25) is 0 Å². The molecule has 1 saturated carbocycles. The molecule has 0 spiro atoms. The van der Waals surface area contributed by atoms with Crippen molar-refractivity contribution in [3.05, 3.63) is 77.7 Å². The second kappa shape index (κ2) is 6.26. The van der Waals surface area contributed by atoms with E-state index in [1.807, 2.05) is 42.5 Å². The van der Waals surface area contributed by atoms with Crippen molar-refractivity contribution in [2.75, 3.05) is 5.32 Å². The highest BCUT2D eigenvalue weighted by molar-refractivity contribution is 5.90. The molecule has 0 saturated heterocycles. The highest BCUT2D eigenvalue weighted by atomic mass is 15.2. The molecule has 26 heavy (non-hydrogen) atoms. The lowest BCUT2D eigenvalue weighted by molar-refractivity contribution is 0.964. The Morgan fingerprint density at radius 2 is 1.77 bits per heavy atom. The summed E-state index contributed by atoms with van der Waals surface area (Å²) in [6.45, 7) is 0. The van der Waals surface area contributed by atoms with Crippen molar-refractivity contribution in [2.45, 2.75) is 25.2 Å². The van der Waals surface area contributed by atoms with E-state index < -0.39 is 0 Å². The van der Waals surface area contributed by atoms with Gasteiger partial charge in [-0.25, -0.2) is 9.97 Å². The van der Waals surface area contributed by atoms with Gasteiger partial charge in [0, 0.05) is 29.5 Å². The maximum Gasteiger partial charge on any atom is 0.153 e.